The molecule has 1 aromatic heterocycles. The fourth-order valence-electron chi connectivity index (χ4n) is 4.06. The summed E-state index contributed by atoms with van der Waals surface area (Å²) in [6, 6.07) is 26.2. The highest BCUT2D eigenvalue weighted by atomic mass is 32.2. The molecule has 4 aromatic rings. The molecule has 1 saturated heterocycles. The summed E-state index contributed by atoms with van der Waals surface area (Å²) in [6.07, 6.45) is 3.85. The van der Waals surface area contributed by atoms with Crippen molar-refractivity contribution in [3.05, 3.63) is 107 Å². The van der Waals surface area contributed by atoms with Gasteiger partial charge in [0.2, 0.25) is 0 Å². The number of rotatable bonds is 7. The molecule has 2 heterocycles. The van der Waals surface area contributed by atoms with Crippen molar-refractivity contribution in [2.45, 2.75) is 33.4 Å². The lowest BCUT2D eigenvalue weighted by molar-refractivity contribution is -0.123. The quantitative estimate of drug-likeness (QED) is 0.191. The molecule has 1 amide bonds. The van der Waals surface area contributed by atoms with Crippen LogP contribution in [-0.4, -0.2) is 30.9 Å². The van der Waals surface area contributed by atoms with Crippen LogP contribution in [0.5, 0.6) is 5.75 Å². The minimum atomic E-state index is -0.0664. The molecular formula is C30H27N3O2S2. The first-order valence-electron chi connectivity index (χ1n) is 12.1. The number of hydrogen-bond acceptors (Lipinski definition) is 5. The van der Waals surface area contributed by atoms with Gasteiger partial charge in [0.25, 0.3) is 5.91 Å². The number of amides is 1. The molecule has 0 aliphatic carbocycles. The zero-order chi connectivity index (χ0) is 25.9. The summed E-state index contributed by atoms with van der Waals surface area (Å²) in [6.45, 7) is 6.51. The number of ether oxygens (including phenoxy) is 1. The number of thiocarbonyl (C=S) groups is 1. The van der Waals surface area contributed by atoms with Crippen molar-refractivity contribution in [1.82, 2.24) is 14.7 Å². The lowest BCUT2D eigenvalue weighted by atomic mass is 10.1. The van der Waals surface area contributed by atoms with E-state index in [0.29, 0.717) is 15.8 Å². The molecule has 37 heavy (non-hydrogen) atoms. The number of carbonyl (C=O) groups is 1. The van der Waals surface area contributed by atoms with Gasteiger partial charge in [0.15, 0.2) is 0 Å². The first kappa shape index (κ1) is 25.0. The van der Waals surface area contributed by atoms with E-state index in [1.165, 1.54) is 17.3 Å². The highest BCUT2D eigenvalue weighted by Crippen LogP contribution is 2.36. The van der Waals surface area contributed by atoms with Crippen LogP contribution in [0.1, 0.15) is 30.5 Å². The van der Waals surface area contributed by atoms with Crippen molar-refractivity contribution < 1.29 is 9.53 Å². The zero-order valence-corrected chi connectivity index (χ0v) is 22.6. The monoisotopic (exact) mass is 525 g/mol. The Labute approximate surface area is 226 Å². The molecule has 1 aliphatic rings. The number of aromatic nitrogens is 2. The van der Waals surface area contributed by atoms with Gasteiger partial charge in [-0.2, -0.15) is 5.10 Å². The van der Waals surface area contributed by atoms with E-state index in [2.05, 4.69) is 31.2 Å². The molecule has 186 valence electrons. The van der Waals surface area contributed by atoms with E-state index in [1.54, 1.807) is 4.90 Å². The van der Waals surface area contributed by atoms with Crippen molar-refractivity contribution in [1.29, 1.82) is 0 Å². The molecule has 3 aromatic carbocycles. The van der Waals surface area contributed by atoms with Gasteiger partial charge in [0.1, 0.15) is 16.7 Å². The molecular weight excluding hydrogens is 498 g/mol. The smallest absolute Gasteiger partial charge is 0.266 e. The van der Waals surface area contributed by atoms with Crippen LogP contribution in [0.2, 0.25) is 0 Å². The van der Waals surface area contributed by atoms with Crippen LogP contribution in [0.4, 0.5) is 0 Å². The highest BCUT2D eigenvalue weighted by molar-refractivity contribution is 8.26. The normalized spacial score (nSPS) is 14.7. The van der Waals surface area contributed by atoms with E-state index in [1.807, 2.05) is 85.4 Å². The van der Waals surface area contributed by atoms with Gasteiger partial charge >= 0.3 is 0 Å². The van der Waals surface area contributed by atoms with E-state index in [-0.39, 0.29) is 11.9 Å². The molecule has 1 aliphatic heterocycles. The summed E-state index contributed by atoms with van der Waals surface area (Å²) < 4.78 is 8.41. The molecule has 0 spiro atoms. The summed E-state index contributed by atoms with van der Waals surface area (Å²) in [5.41, 5.74) is 5.85. The van der Waals surface area contributed by atoms with E-state index in [9.17, 15) is 4.79 Å². The fraction of sp³-hybridized carbons (Fsp3) is 0.167. The van der Waals surface area contributed by atoms with E-state index >= 15 is 0 Å². The van der Waals surface area contributed by atoms with E-state index in [4.69, 9.17) is 22.1 Å². The topological polar surface area (TPSA) is 47.4 Å². The minimum absolute atomic E-state index is 0.0115. The number of carbonyl (C=O) groups excluding carboxylic acids is 1. The summed E-state index contributed by atoms with van der Waals surface area (Å²) in [5, 5.41) is 4.89. The molecule has 5 nitrogen and oxygen atoms in total. The number of hydrogen-bond donors (Lipinski definition) is 0. The molecule has 0 atom stereocenters. The maximum absolute atomic E-state index is 13.0. The predicted molar refractivity (Wildman–Crippen MR) is 155 cm³/mol. The summed E-state index contributed by atoms with van der Waals surface area (Å²) >= 11 is 6.80. The van der Waals surface area contributed by atoms with Gasteiger partial charge in [-0.05, 0) is 68.8 Å². The molecule has 7 heteroatoms. The van der Waals surface area contributed by atoms with Crippen molar-refractivity contribution in [2.24, 2.45) is 0 Å². The first-order valence-corrected chi connectivity index (χ1v) is 13.3. The van der Waals surface area contributed by atoms with Crippen LogP contribution in [0.25, 0.3) is 23.0 Å². The largest absolute Gasteiger partial charge is 0.489 e. The average Bonchev–Trinajstić information content (AvgIpc) is 3.44. The van der Waals surface area contributed by atoms with Crippen LogP contribution >= 0.6 is 24.0 Å². The standard InChI is InChI=1S/C30H27N3O2S2/c1-20(2)33-29(34)27(37-30(33)36)17-24-18-32(25-7-5-4-6-8-25)31-28(24)23-13-15-26(16-14-23)35-19-22-11-9-21(3)10-12-22/h4-18,20H,19H2,1-3H3. The Bertz CT molecular complexity index is 1460. The molecule has 0 bridgehead atoms. The third-order valence-corrected chi connectivity index (χ3v) is 7.37. The van der Waals surface area contributed by atoms with Gasteiger partial charge < -0.3 is 4.74 Å². The molecule has 0 N–H and O–H groups in total. The summed E-state index contributed by atoms with van der Waals surface area (Å²) in [4.78, 5) is 15.3. The Morgan fingerprint density at radius 2 is 1.70 bits per heavy atom. The first-order chi connectivity index (χ1) is 17.9. The Morgan fingerprint density at radius 1 is 1.00 bits per heavy atom. The van der Waals surface area contributed by atoms with Gasteiger partial charge in [0, 0.05) is 23.4 Å². The second-order valence-corrected chi connectivity index (χ2v) is 10.8. The third kappa shape index (κ3) is 5.53. The predicted octanol–water partition coefficient (Wildman–Crippen LogP) is 7.04. The Kier molecular flexibility index (Phi) is 7.26. The van der Waals surface area contributed by atoms with Gasteiger partial charge in [-0.1, -0.05) is 72.0 Å². The van der Waals surface area contributed by atoms with Crippen LogP contribution in [0, 0.1) is 6.92 Å². The van der Waals surface area contributed by atoms with Gasteiger partial charge in [-0.3, -0.25) is 9.69 Å². The lowest BCUT2D eigenvalue weighted by Crippen LogP contribution is -2.34. The van der Waals surface area contributed by atoms with Gasteiger partial charge in [-0.15, -0.1) is 0 Å². The van der Waals surface area contributed by atoms with Crippen molar-refractivity contribution >= 4 is 40.3 Å². The Morgan fingerprint density at radius 3 is 2.35 bits per heavy atom. The second kappa shape index (κ2) is 10.7. The highest BCUT2D eigenvalue weighted by Gasteiger charge is 2.34. The molecule has 0 radical (unpaired) electrons. The van der Waals surface area contributed by atoms with E-state index < -0.39 is 0 Å². The molecule has 0 unspecified atom stereocenters. The maximum Gasteiger partial charge on any atom is 0.266 e. The van der Waals surface area contributed by atoms with Gasteiger partial charge in [-0.25, -0.2) is 4.68 Å². The number of para-hydroxylation sites is 1. The SMILES string of the molecule is Cc1ccc(COc2ccc(-c3nn(-c4ccccc4)cc3C=C3SC(=S)N(C(C)C)C3=O)cc2)cc1. The lowest BCUT2D eigenvalue weighted by Gasteiger charge is -2.18. The van der Waals surface area contributed by atoms with Crippen LogP contribution in [-0.2, 0) is 11.4 Å². The third-order valence-electron chi connectivity index (χ3n) is 6.04. The van der Waals surface area contributed by atoms with E-state index in [0.717, 1.165) is 33.8 Å². The van der Waals surface area contributed by atoms with Crippen LogP contribution in [0.3, 0.4) is 0 Å². The summed E-state index contributed by atoms with van der Waals surface area (Å²) in [5.74, 6) is 0.717. The Hall–Kier alpha value is -3.68. The van der Waals surface area contributed by atoms with Crippen molar-refractivity contribution in [3.63, 3.8) is 0 Å². The van der Waals surface area contributed by atoms with Gasteiger partial charge in [0.05, 0.1) is 16.3 Å². The van der Waals surface area contributed by atoms with Crippen LogP contribution < -0.4 is 4.74 Å². The maximum atomic E-state index is 13.0. The number of thioether (sulfide) groups is 1. The molecule has 1 fully saturated rings. The zero-order valence-electron chi connectivity index (χ0n) is 20.9. The number of aryl methyl sites for hydroxylation is 1. The molecule has 5 rings (SSSR count). The van der Waals surface area contributed by atoms with Crippen molar-refractivity contribution in [3.8, 4) is 22.7 Å². The summed E-state index contributed by atoms with van der Waals surface area (Å²) in [7, 11) is 0. The van der Waals surface area contributed by atoms with Crippen molar-refractivity contribution in [2.75, 3.05) is 0 Å². The van der Waals surface area contributed by atoms with Crippen LogP contribution in [0.15, 0.2) is 90.0 Å². The number of nitrogens with zero attached hydrogens (tertiary/aromatic N) is 3. The fourth-order valence-corrected chi connectivity index (χ4v) is 5.57. The minimum Gasteiger partial charge on any atom is -0.489 e. The average molecular weight is 526 g/mol. The Balaban J connectivity index is 1.45. The number of benzene rings is 3. The second-order valence-electron chi connectivity index (χ2n) is 9.16. The molecule has 0 saturated carbocycles.